The van der Waals surface area contributed by atoms with Crippen LogP contribution in [0.5, 0.6) is 0 Å². The summed E-state index contributed by atoms with van der Waals surface area (Å²) in [6.07, 6.45) is 2.21. The molecule has 7 nitrogen and oxygen atoms in total. The third kappa shape index (κ3) is 5.98. The summed E-state index contributed by atoms with van der Waals surface area (Å²) in [7, 11) is 0. The molecular weight excluding hydrogens is 364 g/mol. The molecule has 1 aliphatic rings. The Balaban J connectivity index is 0.00000312. The number of halogens is 1. The first kappa shape index (κ1) is 21.4. The fourth-order valence-corrected chi connectivity index (χ4v) is 3.59. The first-order valence-electron chi connectivity index (χ1n) is 8.15. The highest BCUT2D eigenvalue weighted by atomic mass is 35.5. The standard InChI is InChI=1S/C16H24N4O3S.ClH/c1-2-3-12(19-15(22)9-18-14(21)8-17)16(23)20-6-4-13-11(10-20)5-7-24-13;/h5,7,12H,2-4,6,8-10,17H2,1H3,(H,18,21)(H,19,22);1H. The van der Waals surface area contributed by atoms with Gasteiger partial charge in [-0.15, -0.1) is 23.7 Å². The number of rotatable bonds is 7. The lowest BCUT2D eigenvalue weighted by Gasteiger charge is -2.31. The lowest BCUT2D eigenvalue weighted by atomic mass is 10.1. The Morgan fingerprint density at radius 3 is 2.80 bits per heavy atom. The molecule has 3 amide bonds. The molecule has 0 spiro atoms. The van der Waals surface area contributed by atoms with Gasteiger partial charge in [-0.2, -0.15) is 0 Å². The molecule has 1 atom stereocenters. The first-order valence-corrected chi connectivity index (χ1v) is 9.03. The van der Waals surface area contributed by atoms with Gasteiger partial charge in [-0.1, -0.05) is 13.3 Å². The van der Waals surface area contributed by atoms with Crippen molar-refractivity contribution in [3.8, 4) is 0 Å². The summed E-state index contributed by atoms with van der Waals surface area (Å²) in [5.74, 6) is -0.839. The van der Waals surface area contributed by atoms with E-state index in [1.807, 2.05) is 12.3 Å². The fraction of sp³-hybridized carbons (Fsp3) is 0.562. The summed E-state index contributed by atoms with van der Waals surface area (Å²) in [6.45, 7) is 2.90. The average Bonchev–Trinajstić information content (AvgIpc) is 3.06. The number of carbonyl (C=O) groups is 3. The minimum atomic E-state index is -0.558. The molecule has 9 heteroatoms. The Bertz CT molecular complexity index is 608. The summed E-state index contributed by atoms with van der Waals surface area (Å²) in [5, 5.41) is 7.18. The van der Waals surface area contributed by atoms with E-state index in [1.54, 1.807) is 16.2 Å². The summed E-state index contributed by atoms with van der Waals surface area (Å²) >= 11 is 1.72. The number of nitrogens with two attached hydrogens (primary N) is 1. The van der Waals surface area contributed by atoms with Crippen molar-refractivity contribution in [2.45, 2.75) is 38.8 Å². The van der Waals surface area contributed by atoms with Crippen molar-refractivity contribution in [1.29, 1.82) is 0 Å². The number of nitrogens with one attached hydrogen (secondary N) is 2. The van der Waals surface area contributed by atoms with Crippen molar-refractivity contribution >= 4 is 41.5 Å². The zero-order valence-electron chi connectivity index (χ0n) is 14.2. The van der Waals surface area contributed by atoms with Crippen molar-refractivity contribution < 1.29 is 14.4 Å². The van der Waals surface area contributed by atoms with Crippen LogP contribution >= 0.6 is 23.7 Å². The van der Waals surface area contributed by atoms with Crippen LogP contribution in [0.15, 0.2) is 11.4 Å². The number of hydrogen-bond donors (Lipinski definition) is 3. The Kier molecular flexibility index (Phi) is 8.88. The van der Waals surface area contributed by atoms with Crippen molar-refractivity contribution in [2.24, 2.45) is 5.73 Å². The number of nitrogens with zero attached hydrogens (tertiary/aromatic N) is 1. The maximum absolute atomic E-state index is 12.8. The van der Waals surface area contributed by atoms with E-state index in [9.17, 15) is 14.4 Å². The monoisotopic (exact) mass is 388 g/mol. The third-order valence-electron chi connectivity index (χ3n) is 3.96. The van der Waals surface area contributed by atoms with Crippen LogP contribution < -0.4 is 16.4 Å². The quantitative estimate of drug-likeness (QED) is 0.629. The van der Waals surface area contributed by atoms with E-state index in [1.165, 1.54) is 10.4 Å². The van der Waals surface area contributed by atoms with E-state index in [-0.39, 0.29) is 37.3 Å². The van der Waals surface area contributed by atoms with E-state index in [2.05, 4.69) is 16.7 Å². The van der Waals surface area contributed by atoms with E-state index in [4.69, 9.17) is 5.73 Å². The molecule has 2 rings (SSSR count). The van der Waals surface area contributed by atoms with Crippen LogP contribution in [0.1, 0.15) is 30.2 Å². The largest absolute Gasteiger partial charge is 0.346 e. The Morgan fingerprint density at radius 1 is 1.36 bits per heavy atom. The molecule has 1 aromatic heterocycles. The topological polar surface area (TPSA) is 105 Å². The zero-order chi connectivity index (χ0) is 17.5. The number of hydrogen-bond acceptors (Lipinski definition) is 5. The highest BCUT2D eigenvalue weighted by Crippen LogP contribution is 2.24. The molecule has 0 saturated carbocycles. The lowest BCUT2D eigenvalue weighted by Crippen LogP contribution is -2.51. The number of amides is 3. The van der Waals surface area contributed by atoms with Gasteiger partial charge in [0.15, 0.2) is 0 Å². The summed E-state index contributed by atoms with van der Waals surface area (Å²) in [6, 6.07) is 1.49. The lowest BCUT2D eigenvalue weighted by molar-refractivity contribution is -0.137. The van der Waals surface area contributed by atoms with Crippen LogP contribution in [0, 0.1) is 0 Å². The molecule has 4 N–H and O–H groups in total. The number of carbonyl (C=O) groups excluding carboxylic acids is 3. The van der Waals surface area contributed by atoms with Crippen LogP contribution in [0.2, 0.25) is 0 Å². The van der Waals surface area contributed by atoms with E-state index < -0.39 is 11.9 Å². The normalized spacial score (nSPS) is 14.1. The molecule has 0 aliphatic carbocycles. The molecule has 0 saturated heterocycles. The molecule has 1 unspecified atom stereocenters. The predicted octanol–water partition coefficient (Wildman–Crippen LogP) is 0.414. The van der Waals surface area contributed by atoms with Gasteiger partial charge in [-0.3, -0.25) is 14.4 Å². The van der Waals surface area contributed by atoms with Gasteiger partial charge in [-0.05, 0) is 29.9 Å². The van der Waals surface area contributed by atoms with Gasteiger partial charge in [0.2, 0.25) is 17.7 Å². The van der Waals surface area contributed by atoms with Gasteiger partial charge in [0, 0.05) is 18.0 Å². The Labute approximate surface area is 157 Å². The SMILES string of the molecule is CCCC(NC(=O)CNC(=O)CN)C(=O)N1CCc2sccc2C1.Cl. The van der Waals surface area contributed by atoms with Crippen molar-refractivity contribution in [3.63, 3.8) is 0 Å². The second kappa shape index (κ2) is 10.4. The minimum Gasteiger partial charge on any atom is -0.346 e. The van der Waals surface area contributed by atoms with Gasteiger partial charge in [-0.25, -0.2) is 0 Å². The molecule has 25 heavy (non-hydrogen) atoms. The van der Waals surface area contributed by atoms with E-state index >= 15 is 0 Å². The maximum Gasteiger partial charge on any atom is 0.245 e. The van der Waals surface area contributed by atoms with Gasteiger partial charge in [0.05, 0.1) is 13.1 Å². The number of thiophene rings is 1. The fourth-order valence-electron chi connectivity index (χ4n) is 2.70. The van der Waals surface area contributed by atoms with Crippen LogP contribution in [0.25, 0.3) is 0 Å². The molecule has 140 valence electrons. The molecular formula is C16H25ClN4O3S. The molecule has 0 bridgehead atoms. The van der Waals surface area contributed by atoms with Crippen LogP contribution in [-0.4, -0.2) is 48.3 Å². The van der Waals surface area contributed by atoms with Crippen molar-refractivity contribution in [1.82, 2.24) is 15.5 Å². The van der Waals surface area contributed by atoms with Crippen LogP contribution in [-0.2, 0) is 27.3 Å². The zero-order valence-corrected chi connectivity index (χ0v) is 15.9. The summed E-state index contributed by atoms with van der Waals surface area (Å²) in [4.78, 5) is 39.0. The minimum absolute atomic E-state index is 0. The van der Waals surface area contributed by atoms with Crippen molar-refractivity contribution in [3.05, 3.63) is 21.9 Å². The molecule has 1 aliphatic heterocycles. The Morgan fingerprint density at radius 2 is 2.12 bits per heavy atom. The van der Waals surface area contributed by atoms with Gasteiger partial charge in [0.1, 0.15) is 6.04 Å². The van der Waals surface area contributed by atoms with Crippen molar-refractivity contribution in [2.75, 3.05) is 19.6 Å². The Hall–Kier alpha value is -1.64. The van der Waals surface area contributed by atoms with Crippen LogP contribution in [0.3, 0.4) is 0 Å². The van der Waals surface area contributed by atoms with Gasteiger partial charge in [0.25, 0.3) is 0 Å². The third-order valence-corrected chi connectivity index (χ3v) is 4.98. The molecule has 2 heterocycles. The van der Waals surface area contributed by atoms with Gasteiger partial charge >= 0.3 is 0 Å². The summed E-state index contributed by atoms with van der Waals surface area (Å²) in [5.41, 5.74) is 6.37. The molecule has 0 aromatic carbocycles. The average molecular weight is 389 g/mol. The molecule has 0 fully saturated rings. The highest BCUT2D eigenvalue weighted by molar-refractivity contribution is 7.10. The maximum atomic E-state index is 12.8. The summed E-state index contributed by atoms with van der Waals surface area (Å²) < 4.78 is 0. The smallest absolute Gasteiger partial charge is 0.245 e. The highest BCUT2D eigenvalue weighted by Gasteiger charge is 2.28. The first-order chi connectivity index (χ1) is 11.5. The van der Waals surface area contributed by atoms with Gasteiger partial charge < -0.3 is 21.3 Å². The number of fused-ring (bicyclic) bond motifs is 1. The van der Waals surface area contributed by atoms with E-state index in [0.29, 0.717) is 19.5 Å². The second-order valence-corrected chi connectivity index (χ2v) is 6.77. The van der Waals surface area contributed by atoms with Crippen LogP contribution in [0.4, 0.5) is 0 Å². The molecule has 0 radical (unpaired) electrons. The van der Waals surface area contributed by atoms with E-state index in [0.717, 1.165) is 12.8 Å². The predicted molar refractivity (Wildman–Crippen MR) is 99.6 cm³/mol. The molecule has 1 aromatic rings. The second-order valence-electron chi connectivity index (χ2n) is 5.77.